The monoisotopic (exact) mass is 193 g/mol. The van der Waals surface area contributed by atoms with Crippen LogP contribution in [0.3, 0.4) is 0 Å². The molecule has 0 aliphatic carbocycles. The Morgan fingerprint density at radius 3 is 2.64 bits per heavy atom. The summed E-state index contributed by atoms with van der Waals surface area (Å²) in [6.07, 6.45) is 3.49. The van der Waals surface area contributed by atoms with Crippen molar-refractivity contribution < 1.29 is 4.74 Å². The van der Waals surface area contributed by atoms with Gasteiger partial charge in [0.1, 0.15) is 0 Å². The van der Waals surface area contributed by atoms with Crippen molar-refractivity contribution in [1.29, 1.82) is 0 Å². The number of nitrogens with one attached hydrogen (secondary N) is 1. The molecule has 0 unspecified atom stereocenters. The summed E-state index contributed by atoms with van der Waals surface area (Å²) in [4.78, 5) is 0. The first kappa shape index (κ1) is 11.2. The highest BCUT2D eigenvalue weighted by Gasteiger charge is 1.92. The molecule has 0 aliphatic heterocycles. The molecule has 0 heterocycles. The molecule has 0 bridgehead atoms. The van der Waals surface area contributed by atoms with E-state index in [4.69, 9.17) is 4.74 Å². The maximum Gasteiger partial charge on any atom is 0.0962 e. The summed E-state index contributed by atoms with van der Waals surface area (Å²) in [6.45, 7) is 1.51. The van der Waals surface area contributed by atoms with Crippen LogP contribution in [0.4, 0.5) is 0 Å². The summed E-state index contributed by atoms with van der Waals surface area (Å²) in [6, 6.07) is 10.6. The van der Waals surface area contributed by atoms with Crippen LogP contribution < -0.4 is 5.32 Å². The second-order valence-electron chi connectivity index (χ2n) is 3.35. The third kappa shape index (κ3) is 5.00. The Hall–Kier alpha value is -0.860. The maximum atomic E-state index is 5.31. The van der Waals surface area contributed by atoms with Crippen molar-refractivity contribution >= 4 is 0 Å². The molecule has 14 heavy (non-hydrogen) atoms. The average molecular weight is 193 g/mol. The Morgan fingerprint density at radius 2 is 1.93 bits per heavy atom. The van der Waals surface area contributed by atoms with Crippen LogP contribution in [-0.4, -0.2) is 20.4 Å². The van der Waals surface area contributed by atoms with Gasteiger partial charge in [-0.25, -0.2) is 0 Å². The zero-order chi connectivity index (χ0) is 10.1. The molecule has 0 aliphatic rings. The van der Waals surface area contributed by atoms with E-state index in [0.29, 0.717) is 6.73 Å². The third-order valence-corrected chi connectivity index (χ3v) is 2.09. The van der Waals surface area contributed by atoms with Crippen molar-refractivity contribution in [2.75, 3.05) is 20.4 Å². The number of benzene rings is 1. The molecule has 0 fully saturated rings. The van der Waals surface area contributed by atoms with E-state index in [2.05, 4.69) is 35.6 Å². The van der Waals surface area contributed by atoms with Gasteiger partial charge in [0.2, 0.25) is 0 Å². The van der Waals surface area contributed by atoms with Crippen molar-refractivity contribution in [3.8, 4) is 0 Å². The minimum Gasteiger partial charge on any atom is -0.366 e. The highest BCUT2D eigenvalue weighted by Crippen LogP contribution is 2.04. The van der Waals surface area contributed by atoms with Gasteiger partial charge in [0.15, 0.2) is 0 Å². The fourth-order valence-electron chi connectivity index (χ4n) is 1.35. The number of unbranched alkanes of at least 4 members (excludes halogenated alkanes) is 1. The van der Waals surface area contributed by atoms with Crippen LogP contribution in [-0.2, 0) is 11.2 Å². The summed E-state index contributed by atoms with van der Waals surface area (Å²) in [5.74, 6) is 0. The van der Waals surface area contributed by atoms with Crippen molar-refractivity contribution in [2.45, 2.75) is 19.3 Å². The van der Waals surface area contributed by atoms with Gasteiger partial charge in [-0.05, 0) is 31.9 Å². The number of aryl methyl sites for hydroxylation is 1. The first-order valence-electron chi connectivity index (χ1n) is 5.20. The largest absolute Gasteiger partial charge is 0.366 e. The normalized spacial score (nSPS) is 10.4. The molecule has 1 N–H and O–H groups in total. The minimum atomic E-state index is 0.658. The highest BCUT2D eigenvalue weighted by atomic mass is 16.5. The van der Waals surface area contributed by atoms with Gasteiger partial charge < -0.3 is 4.74 Å². The molecule has 1 rings (SSSR count). The van der Waals surface area contributed by atoms with Crippen LogP contribution in [0.5, 0.6) is 0 Å². The molecule has 1 aromatic carbocycles. The van der Waals surface area contributed by atoms with Gasteiger partial charge in [-0.1, -0.05) is 30.3 Å². The molecular formula is C12H19NO. The predicted molar refractivity (Wildman–Crippen MR) is 59.3 cm³/mol. The minimum absolute atomic E-state index is 0.658. The van der Waals surface area contributed by atoms with E-state index < -0.39 is 0 Å². The van der Waals surface area contributed by atoms with E-state index in [9.17, 15) is 0 Å². The third-order valence-electron chi connectivity index (χ3n) is 2.09. The molecule has 78 valence electrons. The molecular weight excluding hydrogens is 174 g/mol. The van der Waals surface area contributed by atoms with Gasteiger partial charge in [-0.2, -0.15) is 0 Å². The SMILES string of the molecule is CNCOCCCCc1ccccc1. The van der Waals surface area contributed by atoms with Gasteiger partial charge in [0.05, 0.1) is 6.73 Å². The van der Waals surface area contributed by atoms with E-state index >= 15 is 0 Å². The van der Waals surface area contributed by atoms with Crippen LogP contribution >= 0.6 is 0 Å². The van der Waals surface area contributed by atoms with Crippen molar-refractivity contribution in [1.82, 2.24) is 5.32 Å². The van der Waals surface area contributed by atoms with Gasteiger partial charge in [0, 0.05) is 6.61 Å². The van der Waals surface area contributed by atoms with Crippen molar-refractivity contribution in [2.24, 2.45) is 0 Å². The van der Waals surface area contributed by atoms with Gasteiger partial charge in [-0.15, -0.1) is 0 Å². The summed E-state index contributed by atoms with van der Waals surface area (Å²) >= 11 is 0. The number of hydrogen-bond acceptors (Lipinski definition) is 2. The lowest BCUT2D eigenvalue weighted by atomic mass is 10.1. The standard InChI is InChI=1S/C12H19NO/c1-13-11-14-10-6-5-9-12-7-3-2-4-8-12/h2-4,7-8,13H,5-6,9-11H2,1H3. The second-order valence-corrected chi connectivity index (χ2v) is 3.35. The lowest BCUT2D eigenvalue weighted by molar-refractivity contribution is 0.118. The van der Waals surface area contributed by atoms with Crippen LogP contribution in [0, 0.1) is 0 Å². The summed E-state index contributed by atoms with van der Waals surface area (Å²) < 4.78 is 5.31. The second kappa shape index (κ2) is 7.54. The molecule has 0 amide bonds. The van der Waals surface area contributed by atoms with E-state index in [0.717, 1.165) is 19.4 Å². The molecule has 2 nitrogen and oxygen atoms in total. The molecule has 0 atom stereocenters. The Balaban J connectivity index is 1.99. The van der Waals surface area contributed by atoms with Gasteiger partial charge in [0.25, 0.3) is 0 Å². The van der Waals surface area contributed by atoms with Gasteiger partial charge >= 0.3 is 0 Å². The fourth-order valence-corrected chi connectivity index (χ4v) is 1.35. The fraction of sp³-hybridized carbons (Fsp3) is 0.500. The Morgan fingerprint density at radius 1 is 1.14 bits per heavy atom. The number of hydrogen-bond donors (Lipinski definition) is 1. The number of ether oxygens (including phenoxy) is 1. The quantitative estimate of drug-likeness (QED) is 0.529. The predicted octanol–water partition coefficient (Wildman–Crippen LogP) is 2.20. The molecule has 1 aromatic rings. The zero-order valence-electron chi connectivity index (χ0n) is 8.83. The van der Waals surface area contributed by atoms with Crippen LogP contribution in [0.1, 0.15) is 18.4 Å². The molecule has 0 radical (unpaired) electrons. The molecule has 2 heteroatoms. The molecule has 0 aromatic heterocycles. The topological polar surface area (TPSA) is 21.3 Å². The summed E-state index contributed by atoms with van der Waals surface area (Å²) in [5.41, 5.74) is 1.42. The zero-order valence-corrected chi connectivity index (χ0v) is 8.83. The van der Waals surface area contributed by atoms with Crippen LogP contribution in [0.25, 0.3) is 0 Å². The van der Waals surface area contributed by atoms with E-state index in [1.807, 2.05) is 7.05 Å². The first-order valence-corrected chi connectivity index (χ1v) is 5.20. The van der Waals surface area contributed by atoms with Crippen molar-refractivity contribution in [3.63, 3.8) is 0 Å². The van der Waals surface area contributed by atoms with E-state index in [1.54, 1.807) is 0 Å². The Labute approximate surface area is 86.3 Å². The summed E-state index contributed by atoms with van der Waals surface area (Å²) in [5, 5.41) is 2.95. The van der Waals surface area contributed by atoms with E-state index in [1.165, 1.54) is 12.0 Å². The smallest absolute Gasteiger partial charge is 0.0962 e. The average Bonchev–Trinajstić information content (AvgIpc) is 2.25. The lowest BCUT2D eigenvalue weighted by Gasteiger charge is -2.03. The van der Waals surface area contributed by atoms with Crippen LogP contribution in [0.2, 0.25) is 0 Å². The molecule has 0 saturated carbocycles. The Kier molecular flexibility index (Phi) is 6.04. The number of rotatable bonds is 7. The molecule has 0 saturated heterocycles. The lowest BCUT2D eigenvalue weighted by Crippen LogP contribution is -2.12. The van der Waals surface area contributed by atoms with Crippen molar-refractivity contribution in [3.05, 3.63) is 35.9 Å². The maximum absolute atomic E-state index is 5.31. The van der Waals surface area contributed by atoms with Crippen LogP contribution in [0.15, 0.2) is 30.3 Å². The van der Waals surface area contributed by atoms with E-state index in [-0.39, 0.29) is 0 Å². The first-order chi connectivity index (χ1) is 6.93. The molecule has 0 spiro atoms. The van der Waals surface area contributed by atoms with Gasteiger partial charge in [-0.3, -0.25) is 5.32 Å². The Bertz CT molecular complexity index is 223. The summed E-state index contributed by atoms with van der Waals surface area (Å²) in [7, 11) is 1.89. The highest BCUT2D eigenvalue weighted by molar-refractivity contribution is 5.14.